The summed E-state index contributed by atoms with van der Waals surface area (Å²) in [5, 5.41) is 3.43. The van der Waals surface area contributed by atoms with Crippen LogP contribution in [0.3, 0.4) is 0 Å². The second-order valence-electron chi connectivity index (χ2n) is 5.50. The Bertz CT molecular complexity index is 517. The molecule has 3 rings (SSSR count). The van der Waals surface area contributed by atoms with Crippen LogP contribution in [0.1, 0.15) is 17.9 Å². The number of hydrogen-bond donors (Lipinski definition) is 1. The highest BCUT2D eigenvalue weighted by molar-refractivity contribution is 5.74. The Hall–Kier alpha value is -1.78. The maximum Gasteiger partial charge on any atom is 0.319 e. The van der Waals surface area contributed by atoms with E-state index in [2.05, 4.69) is 5.32 Å². The first-order chi connectivity index (χ1) is 9.06. The van der Waals surface area contributed by atoms with E-state index < -0.39 is 0 Å². The maximum absolute atomic E-state index is 13.4. The van der Waals surface area contributed by atoms with Crippen LogP contribution < -0.4 is 5.32 Å². The predicted molar refractivity (Wildman–Crippen MR) is 71.8 cm³/mol. The van der Waals surface area contributed by atoms with Gasteiger partial charge in [-0.25, -0.2) is 9.18 Å². The van der Waals surface area contributed by atoms with E-state index in [-0.39, 0.29) is 17.8 Å². The normalized spacial score (nSPS) is 24.5. The Balaban J connectivity index is 1.84. The van der Waals surface area contributed by atoms with Gasteiger partial charge in [-0.05, 0) is 30.2 Å². The Morgan fingerprint density at radius 3 is 3.00 bits per heavy atom. The Morgan fingerprint density at radius 1 is 1.47 bits per heavy atom. The molecule has 0 aliphatic carbocycles. The summed E-state index contributed by atoms with van der Waals surface area (Å²) in [6, 6.07) is 5.22. The van der Waals surface area contributed by atoms with Crippen molar-refractivity contribution in [3.63, 3.8) is 0 Å². The summed E-state index contributed by atoms with van der Waals surface area (Å²) < 4.78 is 13.4. The van der Waals surface area contributed by atoms with Gasteiger partial charge in [0.2, 0.25) is 0 Å². The number of fused-ring (bicyclic) bond motifs is 3. The highest BCUT2D eigenvalue weighted by Crippen LogP contribution is 2.40. The largest absolute Gasteiger partial charge is 0.381 e. The van der Waals surface area contributed by atoms with Crippen LogP contribution in [0.5, 0.6) is 0 Å². The lowest BCUT2D eigenvalue weighted by molar-refractivity contribution is 0.153. The molecule has 2 atom stereocenters. The number of carbonyl (C=O) groups excluding carboxylic acids is 1. The molecule has 5 heteroatoms. The molecule has 0 radical (unpaired) electrons. The molecule has 2 aliphatic heterocycles. The van der Waals surface area contributed by atoms with Crippen molar-refractivity contribution in [1.82, 2.24) is 9.80 Å². The third-order valence-corrected chi connectivity index (χ3v) is 4.02. The van der Waals surface area contributed by atoms with Crippen molar-refractivity contribution in [3.8, 4) is 0 Å². The van der Waals surface area contributed by atoms with E-state index in [1.807, 2.05) is 4.90 Å². The molecule has 0 saturated carbocycles. The first-order valence-electron chi connectivity index (χ1n) is 6.58. The van der Waals surface area contributed by atoms with Crippen molar-refractivity contribution < 1.29 is 9.18 Å². The summed E-state index contributed by atoms with van der Waals surface area (Å²) in [5.74, 6) is -0.0133. The van der Waals surface area contributed by atoms with Gasteiger partial charge in [0.25, 0.3) is 0 Å². The third-order valence-electron chi connectivity index (χ3n) is 4.02. The minimum atomic E-state index is -0.211. The second-order valence-corrected chi connectivity index (χ2v) is 5.50. The lowest BCUT2D eigenvalue weighted by atomic mass is 9.89. The summed E-state index contributed by atoms with van der Waals surface area (Å²) in [7, 11) is 3.52. The zero-order chi connectivity index (χ0) is 13.6. The van der Waals surface area contributed by atoms with Gasteiger partial charge in [-0.3, -0.25) is 0 Å². The zero-order valence-electron chi connectivity index (χ0n) is 11.2. The zero-order valence-corrected chi connectivity index (χ0v) is 11.2. The van der Waals surface area contributed by atoms with Gasteiger partial charge in [0.1, 0.15) is 5.82 Å². The molecule has 102 valence electrons. The van der Waals surface area contributed by atoms with Crippen molar-refractivity contribution >= 4 is 11.7 Å². The number of urea groups is 1. The first kappa shape index (κ1) is 12.3. The number of nitrogens with one attached hydrogen (secondary N) is 1. The van der Waals surface area contributed by atoms with Crippen LogP contribution in [0.4, 0.5) is 14.9 Å². The van der Waals surface area contributed by atoms with Gasteiger partial charge < -0.3 is 15.1 Å². The molecule has 1 aromatic rings. The van der Waals surface area contributed by atoms with E-state index in [0.717, 1.165) is 24.2 Å². The average Bonchev–Trinajstić information content (AvgIpc) is 2.75. The van der Waals surface area contributed by atoms with Crippen LogP contribution in [0.2, 0.25) is 0 Å². The van der Waals surface area contributed by atoms with Crippen molar-refractivity contribution in [2.45, 2.75) is 18.4 Å². The van der Waals surface area contributed by atoms with Crippen molar-refractivity contribution in [2.24, 2.45) is 0 Å². The molecule has 19 heavy (non-hydrogen) atoms. The van der Waals surface area contributed by atoms with E-state index in [1.165, 1.54) is 6.07 Å². The fraction of sp³-hybridized carbons (Fsp3) is 0.500. The van der Waals surface area contributed by atoms with E-state index in [4.69, 9.17) is 0 Å². The minimum absolute atomic E-state index is 0.0308. The van der Waals surface area contributed by atoms with E-state index in [1.54, 1.807) is 31.1 Å². The number of nitrogens with zero attached hydrogens (tertiary/aromatic N) is 2. The van der Waals surface area contributed by atoms with Crippen molar-refractivity contribution in [2.75, 3.05) is 32.5 Å². The number of piperidine rings is 1. The topological polar surface area (TPSA) is 35.6 Å². The summed E-state index contributed by atoms with van der Waals surface area (Å²) in [6.45, 7) is 1.41. The summed E-state index contributed by atoms with van der Waals surface area (Å²) >= 11 is 0. The number of likely N-dealkylation sites (tertiary alicyclic amines) is 1. The molecule has 1 fully saturated rings. The van der Waals surface area contributed by atoms with Gasteiger partial charge in [-0.2, -0.15) is 0 Å². The molecule has 2 amide bonds. The Kier molecular flexibility index (Phi) is 2.84. The molecular formula is C14H18FN3O. The number of halogens is 1. The fourth-order valence-electron chi connectivity index (χ4n) is 3.07. The molecule has 0 spiro atoms. The van der Waals surface area contributed by atoms with E-state index in [0.29, 0.717) is 12.6 Å². The van der Waals surface area contributed by atoms with Gasteiger partial charge in [0.15, 0.2) is 0 Å². The fourth-order valence-corrected chi connectivity index (χ4v) is 3.07. The molecule has 2 aliphatic rings. The molecule has 4 nitrogen and oxygen atoms in total. The Labute approximate surface area is 112 Å². The van der Waals surface area contributed by atoms with Crippen LogP contribution in [0, 0.1) is 5.82 Å². The molecule has 1 saturated heterocycles. The molecule has 0 unspecified atom stereocenters. The van der Waals surface area contributed by atoms with Gasteiger partial charge in [0.05, 0.1) is 0 Å². The lowest BCUT2D eigenvalue weighted by Crippen LogP contribution is -2.48. The standard InChI is InChI=1S/C14H18FN3O/c1-17(2)14(19)18-6-5-13-11(8-18)10-7-9(15)3-4-12(10)16-13/h3-4,7,11,13,16H,5-6,8H2,1-2H3/t11-,13+/m0/s1. The lowest BCUT2D eigenvalue weighted by Gasteiger charge is -2.36. The SMILES string of the molecule is CN(C)C(=O)N1CC[C@H]2Nc3ccc(F)cc3[C@@H]2C1. The highest BCUT2D eigenvalue weighted by Gasteiger charge is 2.38. The smallest absolute Gasteiger partial charge is 0.319 e. The van der Waals surface area contributed by atoms with Gasteiger partial charge in [0, 0.05) is 44.8 Å². The van der Waals surface area contributed by atoms with Crippen LogP contribution in [-0.2, 0) is 0 Å². The van der Waals surface area contributed by atoms with E-state index in [9.17, 15) is 9.18 Å². The molecule has 1 N–H and O–H groups in total. The van der Waals surface area contributed by atoms with Crippen LogP contribution in [0.25, 0.3) is 0 Å². The van der Waals surface area contributed by atoms with Crippen molar-refractivity contribution in [1.29, 1.82) is 0 Å². The number of hydrogen-bond acceptors (Lipinski definition) is 2. The van der Waals surface area contributed by atoms with Gasteiger partial charge >= 0.3 is 6.03 Å². The number of rotatable bonds is 0. The highest BCUT2D eigenvalue weighted by atomic mass is 19.1. The molecule has 0 bridgehead atoms. The van der Waals surface area contributed by atoms with Gasteiger partial charge in [-0.15, -0.1) is 0 Å². The third kappa shape index (κ3) is 2.03. The van der Waals surface area contributed by atoms with Crippen LogP contribution in [0.15, 0.2) is 18.2 Å². The molecular weight excluding hydrogens is 245 g/mol. The van der Waals surface area contributed by atoms with Crippen LogP contribution >= 0.6 is 0 Å². The maximum atomic E-state index is 13.4. The molecule has 1 aromatic carbocycles. The number of carbonyl (C=O) groups is 1. The summed E-state index contributed by atoms with van der Waals surface area (Å²) in [4.78, 5) is 15.5. The molecule has 2 heterocycles. The van der Waals surface area contributed by atoms with Crippen molar-refractivity contribution in [3.05, 3.63) is 29.6 Å². The predicted octanol–water partition coefficient (Wildman–Crippen LogP) is 2.09. The quantitative estimate of drug-likeness (QED) is 0.778. The Morgan fingerprint density at radius 2 is 2.26 bits per heavy atom. The summed E-state index contributed by atoms with van der Waals surface area (Å²) in [5.41, 5.74) is 2.01. The van der Waals surface area contributed by atoms with Gasteiger partial charge in [-0.1, -0.05) is 0 Å². The average molecular weight is 263 g/mol. The monoisotopic (exact) mass is 263 g/mol. The molecule has 0 aromatic heterocycles. The summed E-state index contributed by atoms with van der Waals surface area (Å²) in [6.07, 6.45) is 0.903. The van der Waals surface area contributed by atoms with Crippen LogP contribution in [-0.4, -0.2) is 49.1 Å². The minimum Gasteiger partial charge on any atom is -0.381 e. The second kappa shape index (κ2) is 4.40. The first-order valence-corrected chi connectivity index (χ1v) is 6.58. The number of amides is 2. The van der Waals surface area contributed by atoms with E-state index >= 15 is 0 Å². The number of anilines is 1. The number of benzene rings is 1.